The molecule has 1 N–H and O–H groups in total. The fraction of sp³-hybridized carbons (Fsp3) is 0.727. The van der Waals surface area contributed by atoms with Gasteiger partial charge in [-0.05, 0) is 20.3 Å². The van der Waals surface area contributed by atoms with Gasteiger partial charge in [0.2, 0.25) is 11.8 Å². The highest BCUT2D eigenvalue weighted by molar-refractivity contribution is 8.00. The third-order valence-electron chi connectivity index (χ3n) is 3.00. The van der Waals surface area contributed by atoms with Crippen molar-refractivity contribution in [3.63, 3.8) is 0 Å². The second-order valence-corrected chi connectivity index (χ2v) is 8.18. The summed E-state index contributed by atoms with van der Waals surface area (Å²) in [5, 5.41) is 10.4. The molecular formula is C11H17N3O4S2. The Balaban J connectivity index is 1.98. The lowest BCUT2D eigenvalue weighted by Crippen LogP contribution is -2.30. The fourth-order valence-electron chi connectivity index (χ4n) is 1.95. The Morgan fingerprint density at radius 2 is 2.30 bits per heavy atom. The molecule has 2 atom stereocenters. The van der Waals surface area contributed by atoms with Crippen molar-refractivity contribution >= 4 is 27.5 Å². The Hall–Kier alpha value is -1.09. The van der Waals surface area contributed by atoms with Gasteiger partial charge in [-0.15, -0.1) is 10.2 Å². The second kappa shape index (κ2) is 6.13. The van der Waals surface area contributed by atoms with Crippen LogP contribution in [-0.2, 0) is 14.6 Å². The molecule has 0 saturated carbocycles. The maximum atomic E-state index is 11.6. The number of thioether (sulfide) groups is 1. The van der Waals surface area contributed by atoms with E-state index >= 15 is 0 Å². The second-order valence-electron chi connectivity index (χ2n) is 4.66. The molecule has 112 valence electrons. The van der Waals surface area contributed by atoms with Gasteiger partial charge in [0, 0.05) is 6.54 Å². The van der Waals surface area contributed by atoms with Crippen molar-refractivity contribution in [1.29, 1.82) is 0 Å². The predicted molar refractivity (Wildman–Crippen MR) is 74.3 cm³/mol. The Morgan fingerprint density at radius 3 is 2.90 bits per heavy atom. The number of carbonyl (C=O) groups is 1. The van der Waals surface area contributed by atoms with Crippen LogP contribution in [0.1, 0.15) is 32.1 Å². The number of nitrogens with zero attached hydrogens (tertiary/aromatic N) is 2. The van der Waals surface area contributed by atoms with Crippen LogP contribution in [0.2, 0.25) is 0 Å². The molecule has 2 heterocycles. The van der Waals surface area contributed by atoms with Crippen LogP contribution >= 0.6 is 11.8 Å². The number of hydrogen-bond donors (Lipinski definition) is 1. The van der Waals surface area contributed by atoms with Gasteiger partial charge in [-0.25, -0.2) is 8.42 Å². The van der Waals surface area contributed by atoms with Gasteiger partial charge in [-0.1, -0.05) is 11.8 Å². The van der Waals surface area contributed by atoms with Crippen LogP contribution < -0.4 is 5.32 Å². The Labute approximate surface area is 121 Å². The highest BCUT2D eigenvalue weighted by Gasteiger charge is 2.33. The average Bonchev–Trinajstić information content (AvgIpc) is 2.96. The maximum Gasteiger partial charge on any atom is 0.277 e. The number of aromatic nitrogens is 2. The first-order chi connectivity index (χ1) is 9.41. The van der Waals surface area contributed by atoms with Crippen molar-refractivity contribution in [2.45, 2.75) is 36.7 Å². The van der Waals surface area contributed by atoms with Crippen molar-refractivity contribution in [3.8, 4) is 0 Å². The van der Waals surface area contributed by atoms with E-state index in [0.29, 0.717) is 24.1 Å². The average molecular weight is 319 g/mol. The summed E-state index contributed by atoms with van der Waals surface area (Å²) in [6.07, 6.45) is 0.514. The van der Waals surface area contributed by atoms with E-state index in [4.69, 9.17) is 4.42 Å². The van der Waals surface area contributed by atoms with Crippen LogP contribution in [-0.4, -0.2) is 47.8 Å². The molecule has 20 heavy (non-hydrogen) atoms. The minimum Gasteiger partial charge on any atom is -0.416 e. The molecule has 0 radical (unpaired) electrons. The first-order valence-corrected chi connectivity index (χ1v) is 9.09. The van der Waals surface area contributed by atoms with Gasteiger partial charge >= 0.3 is 0 Å². The van der Waals surface area contributed by atoms with Gasteiger partial charge < -0.3 is 9.73 Å². The molecule has 1 aliphatic heterocycles. The molecule has 7 nitrogen and oxygen atoms in total. The topological polar surface area (TPSA) is 102 Å². The summed E-state index contributed by atoms with van der Waals surface area (Å²) >= 11 is 1.17. The van der Waals surface area contributed by atoms with Crippen molar-refractivity contribution in [1.82, 2.24) is 15.5 Å². The zero-order valence-electron chi connectivity index (χ0n) is 11.3. The van der Waals surface area contributed by atoms with Crippen molar-refractivity contribution < 1.29 is 17.6 Å². The lowest BCUT2D eigenvalue weighted by Gasteiger charge is -2.07. The molecule has 0 aliphatic carbocycles. The normalized spacial score (nSPS) is 22.6. The number of rotatable bonds is 5. The minimum absolute atomic E-state index is 0.0607. The minimum atomic E-state index is -2.98. The standard InChI is InChI=1S/C11H17N3O4S2/c1-3-12-9(15)7(2)19-11-14-13-10(18-11)8-4-5-20(16,17)6-8/h7-8H,3-6H2,1-2H3,(H,12,15)/t7-,8-/m0/s1. The molecule has 0 unspecified atom stereocenters. The third-order valence-corrected chi connectivity index (χ3v) is 5.70. The molecule has 9 heteroatoms. The van der Waals surface area contributed by atoms with Crippen molar-refractivity contribution in [2.75, 3.05) is 18.1 Å². The molecule has 0 bridgehead atoms. The molecule has 1 fully saturated rings. The smallest absolute Gasteiger partial charge is 0.277 e. The third kappa shape index (κ3) is 3.72. The van der Waals surface area contributed by atoms with Crippen LogP contribution in [0.25, 0.3) is 0 Å². The van der Waals surface area contributed by atoms with Gasteiger partial charge in [0.05, 0.1) is 22.7 Å². The number of nitrogens with one attached hydrogen (secondary N) is 1. The lowest BCUT2D eigenvalue weighted by molar-refractivity contribution is -0.120. The molecule has 1 aliphatic rings. The fourth-order valence-corrected chi connectivity index (χ4v) is 4.39. The first kappa shape index (κ1) is 15.3. The Morgan fingerprint density at radius 1 is 1.55 bits per heavy atom. The van der Waals surface area contributed by atoms with E-state index in [9.17, 15) is 13.2 Å². The summed E-state index contributed by atoms with van der Waals surface area (Å²) in [6, 6.07) is 0. The van der Waals surface area contributed by atoms with E-state index in [1.165, 1.54) is 11.8 Å². The summed E-state index contributed by atoms with van der Waals surface area (Å²) in [5.74, 6) is 0.252. The zero-order valence-corrected chi connectivity index (χ0v) is 13.0. The van der Waals surface area contributed by atoms with Crippen molar-refractivity contribution in [3.05, 3.63) is 5.89 Å². The van der Waals surface area contributed by atoms with Gasteiger partial charge in [-0.2, -0.15) is 0 Å². The number of carbonyl (C=O) groups excluding carboxylic acids is 1. The van der Waals surface area contributed by atoms with E-state index in [1.807, 2.05) is 6.92 Å². The largest absolute Gasteiger partial charge is 0.416 e. The van der Waals surface area contributed by atoms with E-state index in [0.717, 1.165) is 0 Å². The van der Waals surface area contributed by atoms with Gasteiger partial charge in [0.1, 0.15) is 0 Å². The Kier molecular flexibility index (Phi) is 4.69. The Bertz CT molecular complexity index is 584. The molecule has 1 saturated heterocycles. The first-order valence-electron chi connectivity index (χ1n) is 6.39. The zero-order chi connectivity index (χ0) is 14.8. The monoisotopic (exact) mass is 319 g/mol. The van der Waals surface area contributed by atoms with Crippen LogP contribution in [0, 0.1) is 0 Å². The molecule has 1 aromatic rings. The SMILES string of the molecule is CCNC(=O)[C@H](C)Sc1nnc([C@H]2CCS(=O)(=O)C2)o1. The van der Waals surface area contributed by atoms with Crippen LogP contribution in [0.5, 0.6) is 0 Å². The predicted octanol–water partition coefficient (Wildman–Crippen LogP) is 0.588. The summed E-state index contributed by atoms with van der Waals surface area (Å²) < 4.78 is 28.3. The number of hydrogen-bond acceptors (Lipinski definition) is 7. The summed E-state index contributed by atoms with van der Waals surface area (Å²) in [5.41, 5.74) is 0. The number of amides is 1. The van der Waals surface area contributed by atoms with Gasteiger partial charge in [-0.3, -0.25) is 4.79 Å². The van der Waals surface area contributed by atoms with Gasteiger partial charge in [0.25, 0.3) is 5.22 Å². The highest BCUT2D eigenvalue weighted by atomic mass is 32.2. The van der Waals surface area contributed by atoms with Gasteiger partial charge in [0.15, 0.2) is 9.84 Å². The molecule has 0 aromatic carbocycles. The van der Waals surface area contributed by atoms with Crippen LogP contribution in [0.3, 0.4) is 0 Å². The van der Waals surface area contributed by atoms with Crippen LogP contribution in [0.4, 0.5) is 0 Å². The number of sulfone groups is 1. The molecule has 0 spiro atoms. The van der Waals surface area contributed by atoms with E-state index in [2.05, 4.69) is 15.5 Å². The van der Waals surface area contributed by atoms with Crippen molar-refractivity contribution in [2.24, 2.45) is 0 Å². The van der Waals surface area contributed by atoms with E-state index < -0.39 is 9.84 Å². The highest BCUT2D eigenvalue weighted by Crippen LogP contribution is 2.30. The van der Waals surface area contributed by atoms with E-state index in [-0.39, 0.29) is 28.6 Å². The maximum absolute atomic E-state index is 11.6. The molecular weight excluding hydrogens is 302 g/mol. The quantitative estimate of drug-likeness (QED) is 0.792. The molecule has 1 amide bonds. The van der Waals surface area contributed by atoms with Crippen LogP contribution in [0.15, 0.2) is 9.64 Å². The molecule has 1 aromatic heterocycles. The summed E-state index contributed by atoms with van der Waals surface area (Å²) in [7, 11) is -2.98. The summed E-state index contributed by atoms with van der Waals surface area (Å²) in [6.45, 7) is 4.17. The lowest BCUT2D eigenvalue weighted by atomic mass is 10.1. The molecule has 2 rings (SSSR count). The van der Waals surface area contributed by atoms with E-state index in [1.54, 1.807) is 6.92 Å². The summed E-state index contributed by atoms with van der Waals surface area (Å²) in [4.78, 5) is 11.6.